The van der Waals surface area contributed by atoms with Crippen LogP contribution in [0.15, 0.2) is 42.7 Å². The maximum Gasteiger partial charge on any atom is 0.221 e. The number of hydrazine groups is 1. The zero-order chi connectivity index (χ0) is 9.80. The van der Waals surface area contributed by atoms with Crippen LogP contribution in [0.2, 0.25) is 0 Å². The van der Waals surface area contributed by atoms with Gasteiger partial charge in [-0.3, -0.25) is 10.9 Å². The molecule has 0 unspecified atom stereocenters. The normalized spacial score (nSPS) is 9.79. The number of anilines is 2. The number of hydrogen-bond acceptors (Lipinski definition) is 3. The van der Waals surface area contributed by atoms with E-state index in [9.17, 15) is 0 Å². The lowest BCUT2D eigenvalue weighted by molar-refractivity contribution is 0.918. The Balaban J connectivity index is 1.99. The number of aryl methyl sites for hydroxylation is 1. The number of rotatable bonds is 3. The second-order valence-corrected chi connectivity index (χ2v) is 2.98. The van der Waals surface area contributed by atoms with E-state index in [1.165, 1.54) is 0 Å². The third kappa shape index (κ3) is 1.85. The molecule has 0 amide bonds. The van der Waals surface area contributed by atoms with Crippen LogP contribution < -0.4 is 10.9 Å². The molecule has 1 aromatic carbocycles. The van der Waals surface area contributed by atoms with Crippen molar-refractivity contribution in [3.63, 3.8) is 0 Å². The van der Waals surface area contributed by atoms with Crippen molar-refractivity contribution in [2.24, 2.45) is 7.05 Å². The van der Waals surface area contributed by atoms with Crippen LogP contribution in [0.25, 0.3) is 0 Å². The number of benzene rings is 1. The number of nitrogens with one attached hydrogen (secondary N) is 2. The van der Waals surface area contributed by atoms with Crippen LogP contribution in [0, 0.1) is 0 Å². The first-order chi connectivity index (χ1) is 6.86. The van der Waals surface area contributed by atoms with Gasteiger partial charge in [-0.05, 0) is 12.1 Å². The molecule has 0 bridgehead atoms. The molecule has 0 saturated heterocycles. The van der Waals surface area contributed by atoms with E-state index in [1.807, 2.05) is 48.1 Å². The van der Waals surface area contributed by atoms with Crippen LogP contribution in [-0.4, -0.2) is 9.55 Å². The summed E-state index contributed by atoms with van der Waals surface area (Å²) < 4.78 is 1.90. The molecule has 0 aliphatic heterocycles. The number of hydrogen-bond donors (Lipinski definition) is 2. The Morgan fingerprint density at radius 3 is 2.57 bits per heavy atom. The van der Waals surface area contributed by atoms with Gasteiger partial charge in [0.15, 0.2) is 0 Å². The van der Waals surface area contributed by atoms with Crippen LogP contribution in [0.4, 0.5) is 11.6 Å². The minimum absolute atomic E-state index is 0.786. The molecule has 0 radical (unpaired) electrons. The highest BCUT2D eigenvalue weighted by Gasteiger charge is 1.95. The van der Waals surface area contributed by atoms with E-state index in [0.717, 1.165) is 11.6 Å². The first-order valence-corrected chi connectivity index (χ1v) is 4.40. The molecular formula is C10H12N4. The predicted molar refractivity (Wildman–Crippen MR) is 56.9 cm³/mol. The van der Waals surface area contributed by atoms with Gasteiger partial charge in [0.05, 0.1) is 5.69 Å². The molecule has 4 heteroatoms. The highest BCUT2D eigenvalue weighted by atomic mass is 15.4. The van der Waals surface area contributed by atoms with E-state index in [-0.39, 0.29) is 0 Å². The average molecular weight is 188 g/mol. The van der Waals surface area contributed by atoms with E-state index in [4.69, 9.17) is 0 Å². The summed E-state index contributed by atoms with van der Waals surface area (Å²) in [6, 6.07) is 9.89. The summed E-state index contributed by atoms with van der Waals surface area (Å²) in [7, 11) is 1.93. The number of imidazole rings is 1. The van der Waals surface area contributed by atoms with E-state index in [0.29, 0.717) is 0 Å². The van der Waals surface area contributed by atoms with Crippen molar-refractivity contribution in [2.45, 2.75) is 0 Å². The SMILES string of the molecule is Cn1ccnc1NNc1ccccc1. The van der Waals surface area contributed by atoms with Gasteiger partial charge in [-0.1, -0.05) is 18.2 Å². The van der Waals surface area contributed by atoms with Gasteiger partial charge in [0.2, 0.25) is 5.95 Å². The minimum Gasteiger partial charge on any atom is -0.319 e. The standard InChI is InChI=1S/C10H12N4/c1-14-8-7-11-10(14)13-12-9-5-3-2-4-6-9/h2-8,12H,1H3,(H,11,13). The molecule has 0 saturated carbocycles. The monoisotopic (exact) mass is 188 g/mol. The van der Waals surface area contributed by atoms with Crippen LogP contribution in [0.1, 0.15) is 0 Å². The van der Waals surface area contributed by atoms with Gasteiger partial charge in [0, 0.05) is 19.4 Å². The molecule has 2 aromatic rings. The van der Waals surface area contributed by atoms with E-state index in [1.54, 1.807) is 6.20 Å². The highest BCUT2D eigenvalue weighted by molar-refractivity contribution is 5.47. The third-order valence-corrected chi connectivity index (χ3v) is 1.91. The minimum atomic E-state index is 0.786. The van der Waals surface area contributed by atoms with Crippen LogP contribution in [0.3, 0.4) is 0 Å². The lowest BCUT2D eigenvalue weighted by Gasteiger charge is -2.08. The molecule has 2 N–H and O–H groups in total. The van der Waals surface area contributed by atoms with Crippen molar-refractivity contribution in [1.29, 1.82) is 0 Å². The fourth-order valence-electron chi connectivity index (χ4n) is 1.14. The molecular weight excluding hydrogens is 176 g/mol. The largest absolute Gasteiger partial charge is 0.319 e. The van der Waals surface area contributed by atoms with Gasteiger partial charge >= 0.3 is 0 Å². The van der Waals surface area contributed by atoms with Crippen LogP contribution >= 0.6 is 0 Å². The van der Waals surface area contributed by atoms with Gasteiger partial charge in [-0.2, -0.15) is 0 Å². The van der Waals surface area contributed by atoms with Gasteiger partial charge in [-0.25, -0.2) is 4.98 Å². The van der Waals surface area contributed by atoms with Crippen molar-refractivity contribution in [2.75, 3.05) is 10.9 Å². The Bertz CT molecular complexity index is 394. The fourth-order valence-corrected chi connectivity index (χ4v) is 1.14. The van der Waals surface area contributed by atoms with Crippen LogP contribution in [0.5, 0.6) is 0 Å². The van der Waals surface area contributed by atoms with Crippen molar-refractivity contribution >= 4 is 11.6 Å². The lowest BCUT2D eigenvalue weighted by Crippen LogP contribution is -2.12. The Hall–Kier alpha value is -1.97. The molecule has 14 heavy (non-hydrogen) atoms. The number of nitrogens with zero attached hydrogens (tertiary/aromatic N) is 2. The van der Waals surface area contributed by atoms with Crippen LogP contribution in [-0.2, 0) is 7.05 Å². The summed E-state index contributed by atoms with van der Waals surface area (Å²) in [5.41, 5.74) is 7.08. The summed E-state index contributed by atoms with van der Waals surface area (Å²) in [4.78, 5) is 4.12. The molecule has 2 rings (SSSR count). The summed E-state index contributed by atoms with van der Waals surface area (Å²) in [6.07, 6.45) is 3.63. The topological polar surface area (TPSA) is 41.9 Å². The maximum atomic E-state index is 4.12. The fraction of sp³-hybridized carbons (Fsp3) is 0.100. The second-order valence-electron chi connectivity index (χ2n) is 2.98. The maximum absolute atomic E-state index is 4.12. The van der Waals surface area contributed by atoms with Gasteiger partial charge in [0.25, 0.3) is 0 Å². The highest BCUT2D eigenvalue weighted by Crippen LogP contribution is 2.06. The molecule has 0 aliphatic rings. The summed E-state index contributed by atoms with van der Waals surface area (Å²) >= 11 is 0. The molecule has 0 spiro atoms. The number of para-hydroxylation sites is 1. The quantitative estimate of drug-likeness (QED) is 0.722. The summed E-state index contributed by atoms with van der Waals surface area (Å²) in [5, 5.41) is 0. The first kappa shape index (κ1) is 8.62. The van der Waals surface area contributed by atoms with E-state index >= 15 is 0 Å². The van der Waals surface area contributed by atoms with Gasteiger partial charge in [-0.15, -0.1) is 0 Å². The van der Waals surface area contributed by atoms with Crippen molar-refractivity contribution in [3.8, 4) is 0 Å². The molecule has 4 nitrogen and oxygen atoms in total. The first-order valence-electron chi connectivity index (χ1n) is 4.40. The Morgan fingerprint density at radius 2 is 1.93 bits per heavy atom. The second kappa shape index (κ2) is 3.83. The number of aromatic nitrogens is 2. The third-order valence-electron chi connectivity index (χ3n) is 1.91. The molecule has 0 atom stereocenters. The van der Waals surface area contributed by atoms with Crippen molar-refractivity contribution in [1.82, 2.24) is 9.55 Å². The van der Waals surface area contributed by atoms with E-state index in [2.05, 4.69) is 15.8 Å². The zero-order valence-corrected chi connectivity index (χ0v) is 7.94. The Kier molecular flexibility index (Phi) is 2.36. The lowest BCUT2D eigenvalue weighted by atomic mass is 10.3. The molecule has 72 valence electrons. The van der Waals surface area contributed by atoms with Gasteiger partial charge in [0.1, 0.15) is 0 Å². The van der Waals surface area contributed by atoms with Crippen molar-refractivity contribution < 1.29 is 0 Å². The smallest absolute Gasteiger partial charge is 0.221 e. The average Bonchev–Trinajstić information content (AvgIpc) is 2.63. The molecule has 0 aliphatic carbocycles. The predicted octanol–water partition coefficient (Wildman–Crippen LogP) is 1.86. The van der Waals surface area contributed by atoms with E-state index < -0.39 is 0 Å². The molecule has 1 heterocycles. The molecule has 1 aromatic heterocycles. The summed E-state index contributed by atoms with van der Waals surface area (Å²) in [6.45, 7) is 0. The zero-order valence-electron chi connectivity index (χ0n) is 7.94. The Labute approximate surface area is 82.6 Å². The van der Waals surface area contributed by atoms with Crippen molar-refractivity contribution in [3.05, 3.63) is 42.7 Å². The Morgan fingerprint density at radius 1 is 1.14 bits per heavy atom. The van der Waals surface area contributed by atoms with Gasteiger partial charge < -0.3 is 4.57 Å². The molecule has 0 fully saturated rings. The summed E-state index contributed by atoms with van der Waals surface area (Å²) in [5.74, 6) is 0.786.